The van der Waals surface area contributed by atoms with Crippen LogP contribution >= 0.6 is 0 Å². The number of nitrogens with one attached hydrogen (secondary N) is 1. The van der Waals surface area contributed by atoms with Gasteiger partial charge in [-0.1, -0.05) is 0 Å². The predicted octanol–water partition coefficient (Wildman–Crippen LogP) is 1.32. The second-order valence-corrected chi connectivity index (χ2v) is 6.91. The molecule has 4 rings (SSSR count). The van der Waals surface area contributed by atoms with E-state index in [1.807, 2.05) is 6.92 Å². The molecule has 1 N–H and O–H groups in total. The Kier molecular flexibility index (Phi) is 4.29. The minimum absolute atomic E-state index is 0.167. The molecule has 130 valence electrons. The normalized spacial score (nSPS) is 16.9. The Balaban J connectivity index is 1.28. The Hall–Kier alpha value is -2.57. The van der Waals surface area contributed by atoms with E-state index in [-0.39, 0.29) is 5.91 Å². The lowest BCUT2D eigenvalue weighted by molar-refractivity contribution is 0.0939. The topological polar surface area (TPSA) is 83.9 Å². The minimum atomic E-state index is -0.167. The highest BCUT2D eigenvalue weighted by Crippen LogP contribution is 2.26. The van der Waals surface area contributed by atoms with Crippen molar-refractivity contribution in [2.75, 3.05) is 24.5 Å². The van der Waals surface area contributed by atoms with E-state index in [9.17, 15) is 4.79 Å². The average Bonchev–Trinajstić information content (AvgIpc) is 2.60. The molecule has 0 unspecified atom stereocenters. The van der Waals surface area contributed by atoms with E-state index in [1.165, 1.54) is 30.3 Å². The number of hydrogen-bond acceptors (Lipinski definition) is 6. The maximum absolute atomic E-state index is 12.1. The number of fused-ring (bicyclic) bond motifs is 1. The van der Waals surface area contributed by atoms with Crippen molar-refractivity contribution in [1.29, 1.82) is 0 Å². The molecule has 2 aromatic heterocycles. The molecule has 0 spiro atoms. The molecule has 1 aliphatic carbocycles. The number of nitrogens with zero attached hydrogens (tertiary/aromatic N) is 5. The SMILES string of the molecule is Cc1cnc(C(=O)NCC2CN(c3cc4c(nn3)CCCC4)C2)cn1. The molecule has 1 amide bonds. The van der Waals surface area contributed by atoms with Crippen LogP contribution in [0.1, 0.15) is 40.3 Å². The highest BCUT2D eigenvalue weighted by Gasteiger charge is 2.29. The summed E-state index contributed by atoms with van der Waals surface area (Å²) in [6.07, 6.45) is 7.75. The van der Waals surface area contributed by atoms with Gasteiger partial charge in [0.15, 0.2) is 5.82 Å². The first-order chi connectivity index (χ1) is 12.2. The third-order valence-electron chi connectivity index (χ3n) is 4.90. The summed E-state index contributed by atoms with van der Waals surface area (Å²) >= 11 is 0. The van der Waals surface area contributed by atoms with Gasteiger partial charge in [-0.2, -0.15) is 5.10 Å². The van der Waals surface area contributed by atoms with Crippen LogP contribution in [0.2, 0.25) is 0 Å². The molecular weight excluding hydrogens is 316 g/mol. The summed E-state index contributed by atoms with van der Waals surface area (Å²) in [5.41, 5.74) is 3.68. The number of aryl methyl sites for hydroxylation is 3. The maximum Gasteiger partial charge on any atom is 0.271 e. The van der Waals surface area contributed by atoms with Crippen LogP contribution < -0.4 is 10.2 Å². The standard InChI is InChI=1S/C18H22N6O/c1-12-7-20-16(9-19-12)18(25)21-8-13-10-24(11-13)17-6-14-4-2-3-5-15(14)22-23-17/h6-7,9,13H,2-5,8,10-11H2,1H3,(H,21,25). The Bertz CT molecular complexity index is 770. The van der Waals surface area contributed by atoms with Crippen molar-refractivity contribution in [3.63, 3.8) is 0 Å². The third-order valence-corrected chi connectivity index (χ3v) is 4.90. The summed E-state index contributed by atoms with van der Waals surface area (Å²) in [6, 6.07) is 2.19. The molecule has 1 saturated heterocycles. The number of amides is 1. The molecule has 7 heteroatoms. The van der Waals surface area contributed by atoms with Gasteiger partial charge in [0.25, 0.3) is 5.91 Å². The van der Waals surface area contributed by atoms with E-state index in [0.29, 0.717) is 18.2 Å². The van der Waals surface area contributed by atoms with Gasteiger partial charge in [0.1, 0.15) is 5.69 Å². The van der Waals surface area contributed by atoms with Gasteiger partial charge in [0, 0.05) is 31.7 Å². The van der Waals surface area contributed by atoms with Crippen LogP contribution in [0.15, 0.2) is 18.5 Å². The molecule has 0 radical (unpaired) electrons. The Labute approximate surface area is 146 Å². The fourth-order valence-electron chi connectivity index (χ4n) is 3.36. The molecule has 0 bridgehead atoms. The molecule has 0 atom stereocenters. The van der Waals surface area contributed by atoms with Crippen LogP contribution in [0.4, 0.5) is 5.82 Å². The highest BCUT2D eigenvalue weighted by atomic mass is 16.1. The van der Waals surface area contributed by atoms with Gasteiger partial charge < -0.3 is 10.2 Å². The van der Waals surface area contributed by atoms with E-state index in [4.69, 9.17) is 0 Å². The molecule has 7 nitrogen and oxygen atoms in total. The maximum atomic E-state index is 12.1. The van der Waals surface area contributed by atoms with Gasteiger partial charge in [-0.05, 0) is 44.2 Å². The number of carbonyl (C=O) groups is 1. The van der Waals surface area contributed by atoms with Crippen LogP contribution in [0.3, 0.4) is 0 Å². The zero-order chi connectivity index (χ0) is 17.2. The third kappa shape index (κ3) is 3.45. The Morgan fingerprint density at radius 3 is 2.84 bits per heavy atom. The van der Waals surface area contributed by atoms with Gasteiger partial charge in [-0.15, -0.1) is 5.10 Å². The zero-order valence-electron chi connectivity index (χ0n) is 14.4. The first-order valence-electron chi connectivity index (χ1n) is 8.86. The van der Waals surface area contributed by atoms with Gasteiger partial charge >= 0.3 is 0 Å². The van der Waals surface area contributed by atoms with Gasteiger partial charge in [0.2, 0.25) is 0 Å². The summed E-state index contributed by atoms with van der Waals surface area (Å²) in [5, 5.41) is 11.7. The first-order valence-corrected chi connectivity index (χ1v) is 8.86. The van der Waals surface area contributed by atoms with Crippen LogP contribution in [0.5, 0.6) is 0 Å². The lowest BCUT2D eigenvalue weighted by atomic mass is 9.95. The van der Waals surface area contributed by atoms with Gasteiger partial charge in [0.05, 0.1) is 17.6 Å². The second-order valence-electron chi connectivity index (χ2n) is 6.91. The molecule has 2 aliphatic rings. The first kappa shape index (κ1) is 15.9. The van der Waals surface area contributed by atoms with E-state index in [2.05, 4.69) is 36.4 Å². The molecule has 0 aromatic carbocycles. The van der Waals surface area contributed by atoms with E-state index < -0.39 is 0 Å². The summed E-state index contributed by atoms with van der Waals surface area (Å²) in [7, 11) is 0. The molecule has 3 heterocycles. The monoisotopic (exact) mass is 338 g/mol. The van der Waals surface area contributed by atoms with Crippen LogP contribution in [-0.4, -0.2) is 45.7 Å². The van der Waals surface area contributed by atoms with E-state index in [1.54, 1.807) is 6.20 Å². The number of anilines is 1. The molecule has 25 heavy (non-hydrogen) atoms. The Morgan fingerprint density at radius 2 is 2.04 bits per heavy atom. The number of aromatic nitrogens is 4. The zero-order valence-corrected chi connectivity index (χ0v) is 14.4. The summed E-state index contributed by atoms with van der Waals surface area (Å²) in [4.78, 5) is 22.5. The summed E-state index contributed by atoms with van der Waals surface area (Å²) in [5.74, 6) is 1.23. The minimum Gasteiger partial charge on any atom is -0.354 e. The largest absolute Gasteiger partial charge is 0.354 e. The molecule has 1 aliphatic heterocycles. The molecular formula is C18H22N6O. The van der Waals surface area contributed by atoms with E-state index in [0.717, 1.165) is 37.4 Å². The van der Waals surface area contributed by atoms with Crippen molar-refractivity contribution < 1.29 is 4.79 Å². The fraction of sp³-hybridized carbons (Fsp3) is 0.500. The van der Waals surface area contributed by atoms with Crippen molar-refractivity contribution in [2.24, 2.45) is 5.92 Å². The lowest BCUT2D eigenvalue weighted by Gasteiger charge is -2.40. The predicted molar refractivity (Wildman–Crippen MR) is 93.5 cm³/mol. The van der Waals surface area contributed by atoms with Crippen molar-refractivity contribution in [1.82, 2.24) is 25.5 Å². The quantitative estimate of drug-likeness (QED) is 0.905. The van der Waals surface area contributed by atoms with Crippen molar-refractivity contribution in [3.05, 3.63) is 41.1 Å². The lowest BCUT2D eigenvalue weighted by Crippen LogP contribution is -2.52. The average molecular weight is 338 g/mol. The summed E-state index contributed by atoms with van der Waals surface area (Å²) in [6.45, 7) is 4.28. The molecule has 1 fully saturated rings. The number of rotatable bonds is 4. The smallest absolute Gasteiger partial charge is 0.271 e. The number of hydrogen-bond donors (Lipinski definition) is 1. The number of carbonyl (C=O) groups excluding carboxylic acids is 1. The molecule has 2 aromatic rings. The Morgan fingerprint density at radius 1 is 1.20 bits per heavy atom. The van der Waals surface area contributed by atoms with Gasteiger partial charge in [-0.25, -0.2) is 4.98 Å². The fourth-order valence-corrected chi connectivity index (χ4v) is 3.36. The van der Waals surface area contributed by atoms with Crippen molar-refractivity contribution in [2.45, 2.75) is 32.6 Å². The molecule has 0 saturated carbocycles. The highest BCUT2D eigenvalue weighted by molar-refractivity contribution is 5.91. The van der Waals surface area contributed by atoms with Gasteiger partial charge in [-0.3, -0.25) is 9.78 Å². The second kappa shape index (κ2) is 6.74. The summed E-state index contributed by atoms with van der Waals surface area (Å²) < 4.78 is 0. The van der Waals surface area contributed by atoms with Crippen LogP contribution in [0, 0.1) is 12.8 Å². The van der Waals surface area contributed by atoms with E-state index >= 15 is 0 Å². The van der Waals surface area contributed by atoms with Crippen LogP contribution in [0.25, 0.3) is 0 Å². The van der Waals surface area contributed by atoms with Crippen molar-refractivity contribution >= 4 is 11.7 Å². The van der Waals surface area contributed by atoms with Crippen LogP contribution in [-0.2, 0) is 12.8 Å². The van der Waals surface area contributed by atoms with Crippen molar-refractivity contribution in [3.8, 4) is 0 Å².